The SMILES string of the molecule is COc1ccc(CCNC(=O)c2ccc(C(=O)NCCc3ccc(OC)c(OC)c3)cc2)cc1OC. The van der Waals surface area contributed by atoms with Gasteiger partial charge in [-0.2, -0.15) is 0 Å². The number of ether oxygens (including phenoxy) is 4. The van der Waals surface area contributed by atoms with E-state index in [1.165, 1.54) is 0 Å². The lowest BCUT2D eigenvalue weighted by Crippen LogP contribution is -2.27. The summed E-state index contributed by atoms with van der Waals surface area (Å²) in [6.45, 7) is 0.930. The van der Waals surface area contributed by atoms with Gasteiger partial charge < -0.3 is 29.6 Å². The summed E-state index contributed by atoms with van der Waals surface area (Å²) in [7, 11) is 6.36. The van der Waals surface area contributed by atoms with Crippen molar-refractivity contribution in [3.63, 3.8) is 0 Å². The van der Waals surface area contributed by atoms with Crippen molar-refractivity contribution in [1.82, 2.24) is 10.6 Å². The van der Waals surface area contributed by atoms with Crippen molar-refractivity contribution in [2.75, 3.05) is 41.5 Å². The summed E-state index contributed by atoms with van der Waals surface area (Å²) < 4.78 is 21.1. The third kappa shape index (κ3) is 6.91. The number of carbonyl (C=O) groups is 2. The highest BCUT2D eigenvalue weighted by atomic mass is 16.5. The van der Waals surface area contributed by atoms with E-state index in [9.17, 15) is 9.59 Å². The first-order valence-corrected chi connectivity index (χ1v) is 11.6. The van der Waals surface area contributed by atoms with Crippen LogP contribution < -0.4 is 29.6 Å². The summed E-state index contributed by atoms with van der Waals surface area (Å²) in [4.78, 5) is 25.0. The van der Waals surface area contributed by atoms with Crippen molar-refractivity contribution in [2.24, 2.45) is 0 Å². The molecule has 3 aromatic carbocycles. The van der Waals surface area contributed by atoms with Crippen LogP contribution in [0.4, 0.5) is 0 Å². The largest absolute Gasteiger partial charge is 0.493 e. The molecule has 0 saturated heterocycles. The van der Waals surface area contributed by atoms with E-state index in [4.69, 9.17) is 18.9 Å². The van der Waals surface area contributed by atoms with Crippen molar-refractivity contribution in [3.8, 4) is 23.0 Å². The van der Waals surface area contributed by atoms with Crippen LogP contribution in [-0.4, -0.2) is 53.3 Å². The van der Waals surface area contributed by atoms with Gasteiger partial charge in [-0.1, -0.05) is 12.1 Å². The molecule has 0 atom stereocenters. The molecule has 2 N–H and O–H groups in total. The first-order chi connectivity index (χ1) is 17.5. The topological polar surface area (TPSA) is 95.1 Å². The Labute approximate surface area is 211 Å². The number of benzene rings is 3. The smallest absolute Gasteiger partial charge is 0.251 e. The van der Waals surface area contributed by atoms with E-state index in [1.807, 2.05) is 36.4 Å². The Hall–Kier alpha value is -4.20. The molecule has 0 aliphatic carbocycles. The van der Waals surface area contributed by atoms with Gasteiger partial charge in [0.05, 0.1) is 28.4 Å². The van der Waals surface area contributed by atoms with Crippen LogP contribution in [0.25, 0.3) is 0 Å². The molecule has 36 heavy (non-hydrogen) atoms. The Bertz CT molecular complexity index is 1080. The second-order valence-corrected chi connectivity index (χ2v) is 7.97. The Morgan fingerprint density at radius 1 is 0.556 bits per heavy atom. The molecule has 0 aliphatic heterocycles. The van der Waals surface area contributed by atoms with Gasteiger partial charge in [-0.3, -0.25) is 9.59 Å². The zero-order chi connectivity index (χ0) is 25.9. The van der Waals surface area contributed by atoms with Crippen LogP contribution in [0.1, 0.15) is 31.8 Å². The van der Waals surface area contributed by atoms with Gasteiger partial charge in [0.1, 0.15) is 0 Å². The van der Waals surface area contributed by atoms with E-state index >= 15 is 0 Å². The molecule has 8 nitrogen and oxygen atoms in total. The van der Waals surface area contributed by atoms with Crippen molar-refractivity contribution < 1.29 is 28.5 Å². The minimum absolute atomic E-state index is 0.198. The third-order valence-corrected chi connectivity index (χ3v) is 5.70. The summed E-state index contributed by atoms with van der Waals surface area (Å²) >= 11 is 0. The van der Waals surface area contributed by atoms with Gasteiger partial charge in [-0.15, -0.1) is 0 Å². The second kappa shape index (κ2) is 13.0. The van der Waals surface area contributed by atoms with E-state index in [2.05, 4.69) is 10.6 Å². The highest BCUT2D eigenvalue weighted by Gasteiger charge is 2.10. The average molecular weight is 493 g/mol. The molecule has 0 fully saturated rings. The molecular weight excluding hydrogens is 460 g/mol. The minimum Gasteiger partial charge on any atom is -0.493 e. The van der Waals surface area contributed by atoms with Crippen molar-refractivity contribution in [2.45, 2.75) is 12.8 Å². The number of carbonyl (C=O) groups excluding carboxylic acids is 2. The maximum Gasteiger partial charge on any atom is 0.251 e. The van der Waals surface area contributed by atoms with Crippen LogP contribution in [0, 0.1) is 0 Å². The fraction of sp³-hybridized carbons (Fsp3) is 0.286. The van der Waals surface area contributed by atoms with Crippen LogP contribution >= 0.6 is 0 Å². The first-order valence-electron chi connectivity index (χ1n) is 11.6. The Morgan fingerprint density at radius 2 is 0.917 bits per heavy atom. The van der Waals surface area contributed by atoms with Gasteiger partial charge in [-0.25, -0.2) is 0 Å². The van der Waals surface area contributed by atoms with Crippen LogP contribution in [0.3, 0.4) is 0 Å². The molecule has 0 aromatic heterocycles. The Balaban J connectivity index is 1.46. The number of methoxy groups -OCH3 is 4. The molecule has 3 aromatic rings. The third-order valence-electron chi connectivity index (χ3n) is 5.70. The Kier molecular flexibility index (Phi) is 9.56. The second-order valence-electron chi connectivity index (χ2n) is 7.97. The van der Waals surface area contributed by atoms with Gasteiger partial charge in [0.15, 0.2) is 23.0 Å². The quantitative estimate of drug-likeness (QED) is 0.401. The molecule has 8 heteroatoms. The van der Waals surface area contributed by atoms with Crippen molar-refractivity contribution in [1.29, 1.82) is 0 Å². The van der Waals surface area contributed by atoms with E-state index in [0.717, 1.165) is 11.1 Å². The van der Waals surface area contributed by atoms with Gasteiger partial charge in [0.25, 0.3) is 11.8 Å². The zero-order valence-corrected chi connectivity index (χ0v) is 21.1. The zero-order valence-electron chi connectivity index (χ0n) is 21.1. The van der Waals surface area contributed by atoms with Crippen LogP contribution in [0.5, 0.6) is 23.0 Å². The number of amides is 2. The highest BCUT2D eigenvalue weighted by Crippen LogP contribution is 2.28. The number of rotatable bonds is 12. The molecule has 0 heterocycles. The van der Waals surface area contributed by atoms with Crippen molar-refractivity contribution in [3.05, 3.63) is 82.9 Å². The maximum absolute atomic E-state index is 12.5. The Morgan fingerprint density at radius 3 is 1.25 bits per heavy atom. The fourth-order valence-electron chi connectivity index (χ4n) is 3.69. The lowest BCUT2D eigenvalue weighted by molar-refractivity contribution is 0.0942. The molecule has 0 spiro atoms. The molecule has 0 aliphatic rings. The van der Waals surface area contributed by atoms with Crippen LogP contribution in [0.15, 0.2) is 60.7 Å². The standard InChI is InChI=1S/C28H32N2O6/c1-33-23-11-5-19(17-25(23)35-3)13-15-29-27(31)21-7-9-22(10-8-21)28(32)30-16-14-20-6-12-24(34-2)26(18-20)36-4/h5-12,17-18H,13-16H2,1-4H3,(H,29,31)(H,30,32). The predicted octanol–water partition coefficient (Wildman–Crippen LogP) is 3.67. The normalized spacial score (nSPS) is 10.3. The van der Waals surface area contributed by atoms with Crippen LogP contribution in [0.2, 0.25) is 0 Å². The molecule has 2 amide bonds. The van der Waals surface area contributed by atoms with E-state index in [1.54, 1.807) is 52.7 Å². The average Bonchev–Trinajstić information content (AvgIpc) is 2.92. The summed E-state index contributed by atoms with van der Waals surface area (Å²) in [5.74, 6) is 2.23. The lowest BCUT2D eigenvalue weighted by atomic mass is 10.1. The van der Waals surface area contributed by atoms with Crippen LogP contribution in [-0.2, 0) is 12.8 Å². The molecule has 0 bridgehead atoms. The molecule has 0 radical (unpaired) electrons. The lowest BCUT2D eigenvalue weighted by Gasteiger charge is -2.11. The van der Waals surface area contributed by atoms with Gasteiger partial charge in [0.2, 0.25) is 0 Å². The summed E-state index contributed by atoms with van der Waals surface area (Å²) in [5, 5.41) is 5.80. The fourth-order valence-corrected chi connectivity index (χ4v) is 3.69. The minimum atomic E-state index is -0.198. The van der Waals surface area contributed by atoms with Gasteiger partial charge in [-0.05, 0) is 72.5 Å². The van der Waals surface area contributed by atoms with E-state index in [-0.39, 0.29) is 11.8 Å². The molecule has 0 unspecified atom stereocenters. The summed E-state index contributed by atoms with van der Waals surface area (Å²) in [6, 6.07) is 17.9. The first kappa shape index (κ1) is 26.4. The number of hydrogen-bond donors (Lipinski definition) is 2. The molecule has 0 saturated carbocycles. The highest BCUT2D eigenvalue weighted by molar-refractivity contribution is 5.97. The number of nitrogens with one attached hydrogen (secondary N) is 2. The van der Waals surface area contributed by atoms with Crippen molar-refractivity contribution >= 4 is 11.8 Å². The van der Waals surface area contributed by atoms with Gasteiger partial charge in [0, 0.05) is 24.2 Å². The predicted molar refractivity (Wildman–Crippen MR) is 138 cm³/mol. The summed E-state index contributed by atoms with van der Waals surface area (Å²) in [6.07, 6.45) is 1.29. The van der Waals surface area contributed by atoms with E-state index in [0.29, 0.717) is 60.1 Å². The monoisotopic (exact) mass is 492 g/mol. The summed E-state index contributed by atoms with van der Waals surface area (Å²) in [5.41, 5.74) is 3.02. The molecule has 190 valence electrons. The van der Waals surface area contributed by atoms with Gasteiger partial charge >= 0.3 is 0 Å². The molecular formula is C28H32N2O6. The maximum atomic E-state index is 12.5. The number of hydrogen-bond acceptors (Lipinski definition) is 6. The van der Waals surface area contributed by atoms with E-state index < -0.39 is 0 Å². The molecule has 3 rings (SSSR count).